The molecule has 1 unspecified atom stereocenters. The summed E-state index contributed by atoms with van der Waals surface area (Å²) in [5.41, 5.74) is 0. The molecule has 4 nitrogen and oxygen atoms in total. The second kappa shape index (κ2) is 20.2. The maximum absolute atomic E-state index is 11.8. The second-order valence-electron chi connectivity index (χ2n) is 7.46. The lowest BCUT2D eigenvalue weighted by Crippen LogP contribution is -2.15. The highest BCUT2D eigenvalue weighted by molar-refractivity contribution is 5.69. The van der Waals surface area contributed by atoms with Gasteiger partial charge in [0.25, 0.3) is 0 Å². The van der Waals surface area contributed by atoms with E-state index in [1.54, 1.807) is 0 Å². The third kappa shape index (κ3) is 19.2. The van der Waals surface area contributed by atoms with Crippen molar-refractivity contribution in [2.45, 2.75) is 116 Å². The Bertz CT molecular complexity index is 440. The lowest BCUT2D eigenvalue weighted by atomic mass is 10.1. The number of hydrogen-bond donors (Lipinski definition) is 1. The first-order valence-electron chi connectivity index (χ1n) is 11.3. The second-order valence-corrected chi connectivity index (χ2v) is 7.46. The molecule has 1 atom stereocenters. The van der Waals surface area contributed by atoms with Gasteiger partial charge in [0.1, 0.15) is 6.10 Å². The molecule has 0 aromatic carbocycles. The van der Waals surface area contributed by atoms with Crippen LogP contribution in [-0.4, -0.2) is 23.1 Å². The van der Waals surface area contributed by atoms with Gasteiger partial charge in [0.15, 0.2) is 0 Å². The fourth-order valence-electron chi connectivity index (χ4n) is 2.99. The quantitative estimate of drug-likeness (QED) is 0.146. The molecule has 0 spiro atoms. The summed E-state index contributed by atoms with van der Waals surface area (Å²) >= 11 is 0. The number of carbonyl (C=O) groups is 2. The molecule has 0 aliphatic rings. The number of ether oxygens (including phenoxy) is 1. The van der Waals surface area contributed by atoms with Crippen LogP contribution >= 0.6 is 0 Å². The van der Waals surface area contributed by atoms with Crippen LogP contribution in [0.15, 0.2) is 24.3 Å². The van der Waals surface area contributed by atoms with Gasteiger partial charge in [0, 0.05) is 12.8 Å². The third-order valence-electron chi connectivity index (χ3n) is 4.63. The molecule has 0 bridgehead atoms. The molecule has 1 N–H and O–H groups in total. The maximum atomic E-state index is 11.8. The number of esters is 1. The normalized spacial score (nSPS) is 12.6. The van der Waals surface area contributed by atoms with E-state index < -0.39 is 5.97 Å². The average Bonchev–Trinajstić information content (AvgIpc) is 2.65. The van der Waals surface area contributed by atoms with Gasteiger partial charge in [-0.25, -0.2) is 0 Å². The largest absolute Gasteiger partial charge is 0.481 e. The monoisotopic (exact) mass is 394 g/mol. The Morgan fingerprint density at radius 1 is 0.821 bits per heavy atom. The van der Waals surface area contributed by atoms with Gasteiger partial charge in [-0.2, -0.15) is 0 Å². The van der Waals surface area contributed by atoms with Gasteiger partial charge in [-0.05, 0) is 51.0 Å². The van der Waals surface area contributed by atoms with E-state index in [1.165, 1.54) is 19.3 Å². The smallest absolute Gasteiger partial charge is 0.306 e. The van der Waals surface area contributed by atoms with Crippen LogP contribution in [0.2, 0.25) is 0 Å². The molecule has 0 radical (unpaired) electrons. The minimum atomic E-state index is -0.709. The summed E-state index contributed by atoms with van der Waals surface area (Å²) in [5.74, 6) is -0.819. The average molecular weight is 395 g/mol. The predicted octanol–water partition coefficient (Wildman–Crippen LogP) is 6.99. The lowest BCUT2D eigenvalue weighted by molar-refractivity contribution is -0.147. The number of carboxylic acids is 1. The fraction of sp³-hybridized carbons (Fsp3) is 0.750. The zero-order valence-electron chi connectivity index (χ0n) is 18.2. The van der Waals surface area contributed by atoms with E-state index in [2.05, 4.69) is 25.2 Å². The number of aliphatic carboxylic acids is 1. The van der Waals surface area contributed by atoms with Crippen molar-refractivity contribution in [3.05, 3.63) is 24.3 Å². The van der Waals surface area contributed by atoms with Crippen LogP contribution < -0.4 is 0 Å². The van der Waals surface area contributed by atoms with E-state index in [0.717, 1.165) is 64.2 Å². The van der Waals surface area contributed by atoms with Gasteiger partial charge in [-0.3, -0.25) is 9.59 Å². The van der Waals surface area contributed by atoms with Crippen molar-refractivity contribution < 1.29 is 19.4 Å². The van der Waals surface area contributed by atoms with E-state index >= 15 is 0 Å². The van der Waals surface area contributed by atoms with Crippen molar-refractivity contribution in [2.75, 3.05) is 0 Å². The van der Waals surface area contributed by atoms with Crippen molar-refractivity contribution in [1.29, 1.82) is 0 Å². The Kier molecular flexibility index (Phi) is 19.0. The molecule has 0 aliphatic heterocycles. The van der Waals surface area contributed by atoms with E-state index in [0.29, 0.717) is 6.42 Å². The number of allylic oxidation sites excluding steroid dienone is 3. The molecule has 0 aliphatic carbocycles. The highest BCUT2D eigenvalue weighted by atomic mass is 16.5. The van der Waals surface area contributed by atoms with Gasteiger partial charge in [0.2, 0.25) is 0 Å². The first kappa shape index (κ1) is 26.4. The van der Waals surface area contributed by atoms with Crippen molar-refractivity contribution in [2.24, 2.45) is 0 Å². The van der Waals surface area contributed by atoms with Gasteiger partial charge >= 0.3 is 11.9 Å². The van der Waals surface area contributed by atoms with E-state index in [1.807, 2.05) is 13.0 Å². The molecule has 0 fully saturated rings. The Balaban J connectivity index is 4.07. The van der Waals surface area contributed by atoms with Crippen LogP contribution in [0.1, 0.15) is 110 Å². The van der Waals surface area contributed by atoms with Crippen LogP contribution in [0.25, 0.3) is 0 Å². The van der Waals surface area contributed by atoms with Crippen molar-refractivity contribution in [1.82, 2.24) is 0 Å². The summed E-state index contributed by atoms with van der Waals surface area (Å²) < 4.78 is 5.61. The Morgan fingerprint density at radius 3 is 2.21 bits per heavy atom. The van der Waals surface area contributed by atoms with E-state index in [4.69, 9.17) is 9.84 Å². The minimum absolute atomic E-state index is 0.110. The fourth-order valence-corrected chi connectivity index (χ4v) is 2.99. The molecule has 0 aromatic rings. The SMILES string of the molecule is CCCCC/C=C\C/C=C\C(CCCCCCCCC(=O)O)OC(=O)CCC. The first-order valence-corrected chi connectivity index (χ1v) is 11.3. The number of unbranched alkanes of at least 4 members (excludes halogenated alkanes) is 8. The Labute approximate surface area is 172 Å². The molecule has 0 aromatic heterocycles. The maximum Gasteiger partial charge on any atom is 0.306 e. The minimum Gasteiger partial charge on any atom is -0.481 e. The van der Waals surface area contributed by atoms with Crippen LogP contribution in [0.4, 0.5) is 0 Å². The number of carboxylic acid groups (broad SMARTS) is 1. The zero-order chi connectivity index (χ0) is 20.9. The molecule has 0 saturated carbocycles. The standard InChI is InChI=1S/C24H42O4/c1-3-5-6-7-8-9-12-15-19-22(28-24(27)18-4-2)20-16-13-10-11-14-17-21-23(25)26/h8-9,15,19,22H,3-7,10-14,16-18,20-21H2,1-2H3,(H,25,26)/b9-8-,19-15-. The predicted molar refractivity (Wildman–Crippen MR) is 116 cm³/mol. The van der Waals surface area contributed by atoms with Crippen LogP contribution in [-0.2, 0) is 14.3 Å². The molecule has 0 rings (SSSR count). The van der Waals surface area contributed by atoms with E-state index in [-0.39, 0.29) is 18.5 Å². The number of hydrogen-bond acceptors (Lipinski definition) is 3. The molecular formula is C24H42O4. The topological polar surface area (TPSA) is 63.6 Å². The molecule has 0 amide bonds. The van der Waals surface area contributed by atoms with Crippen LogP contribution in [0.3, 0.4) is 0 Å². The van der Waals surface area contributed by atoms with Crippen LogP contribution in [0.5, 0.6) is 0 Å². The molecule has 28 heavy (non-hydrogen) atoms. The highest BCUT2D eigenvalue weighted by Gasteiger charge is 2.10. The summed E-state index contributed by atoms with van der Waals surface area (Å²) in [6, 6.07) is 0. The molecule has 162 valence electrons. The Morgan fingerprint density at radius 2 is 1.54 bits per heavy atom. The number of rotatable bonds is 19. The summed E-state index contributed by atoms with van der Waals surface area (Å²) in [6.07, 6.45) is 22.7. The van der Waals surface area contributed by atoms with Crippen molar-refractivity contribution in [3.8, 4) is 0 Å². The van der Waals surface area contributed by atoms with Gasteiger partial charge in [-0.15, -0.1) is 0 Å². The lowest BCUT2D eigenvalue weighted by Gasteiger charge is -2.14. The van der Waals surface area contributed by atoms with Gasteiger partial charge in [0.05, 0.1) is 0 Å². The first-order chi connectivity index (χ1) is 13.6. The van der Waals surface area contributed by atoms with Gasteiger partial charge in [-0.1, -0.05) is 70.6 Å². The van der Waals surface area contributed by atoms with Crippen LogP contribution in [0, 0.1) is 0 Å². The summed E-state index contributed by atoms with van der Waals surface area (Å²) in [4.78, 5) is 22.3. The van der Waals surface area contributed by atoms with E-state index in [9.17, 15) is 9.59 Å². The molecular weight excluding hydrogens is 352 g/mol. The molecule has 0 saturated heterocycles. The number of carbonyl (C=O) groups excluding carboxylic acids is 1. The molecule has 4 heteroatoms. The molecule has 0 heterocycles. The summed E-state index contributed by atoms with van der Waals surface area (Å²) in [5, 5.41) is 8.63. The van der Waals surface area contributed by atoms with Gasteiger partial charge < -0.3 is 9.84 Å². The summed E-state index contributed by atoms with van der Waals surface area (Å²) in [6.45, 7) is 4.20. The zero-order valence-corrected chi connectivity index (χ0v) is 18.2. The Hall–Kier alpha value is -1.58. The third-order valence-corrected chi connectivity index (χ3v) is 4.63. The van der Waals surface area contributed by atoms with Crippen molar-refractivity contribution in [3.63, 3.8) is 0 Å². The highest BCUT2D eigenvalue weighted by Crippen LogP contribution is 2.13. The van der Waals surface area contributed by atoms with Crippen molar-refractivity contribution >= 4 is 11.9 Å². The summed E-state index contributed by atoms with van der Waals surface area (Å²) in [7, 11) is 0.